The molecule has 0 spiro atoms. The Labute approximate surface area is 63.3 Å². The van der Waals surface area contributed by atoms with Gasteiger partial charge in [0.1, 0.15) is 0 Å². The van der Waals surface area contributed by atoms with Crippen molar-refractivity contribution in [2.75, 3.05) is 0 Å². The van der Waals surface area contributed by atoms with Crippen LogP contribution in [0.2, 0.25) is 0 Å². The highest BCUT2D eigenvalue weighted by molar-refractivity contribution is 5.26. The Bertz CT molecular complexity index is 178. The van der Waals surface area contributed by atoms with E-state index < -0.39 is 0 Å². The van der Waals surface area contributed by atoms with Crippen LogP contribution in [0, 0.1) is 11.3 Å². The zero-order valence-electron chi connectivity index (χ0n) is 6.98. The minimum Gasteiger partial charge on any atom is -0.0816 e. The summed E-state index contributed by atoms with van der Waals surface area (Å²) in [6.45, 7) is 4.70. The maximum Gasteiger partial charge on any atom is -0.0168 e. The Hall–Kier alpha value is -0.260. The molecular formula is C10H16. The zero-order chi connectivity index (χ0) is 7.19. The summed E-state index contributed by atoms with van der Waals surface area (Å²) in [6.07, 6.45) is 8.09. The summed E-state index contributed by atoms with van der Waals surface area (Å²) in [4.78, 5) is 0. The molecule has 0 heterocycles. The topological polar surface area (TPSA) is 0 Å². The van der Waals surface area contributed by atoms with Crippen molar-refractivity contribution in [1.29, 1.82) is 0 Å². The third kappa shape index (κ3) is 0.817. The van der Waals surface area contributed by atoms with Gasteiger partial charge in [-0.2, -0.15) is 0 Å². The first kappa shape index (κ1) is 6.45. The Balaban J connectivity index is 1.98. The fourth-order valence-electron chi connectivity index (χ4n) is 2.26. The van der Waals surface area contributed by atoms with E-state index in [9.17, 15) is 0 Å². The number of allylic oxidation sites excluding steroid dienone is 2. The molecule has 0 amide bonds. The molecule has 0 aromatic rings. The molecule has 1 saturated carbocycles. The first-order valence-corrected chi connectivity index (χ1v) is 4.44. The molecule has 0 aromatic heterocycles. The monoisotopic (exact) mass is 136 g/mol. The van der Waals surface area contributed by atoms with Gasteiger partial charge in [0.2, 0.25) is 0 Å². The first-order chi connectivity index (χ1) is 4.74. The minimum absolute atomic E-state index is 0.741. The van der Waals surface area contributed by atoms with E-state index in [0.29, 0.717) is 0 Å². The Morgan fingerprint density at radius 3 is 3.00 bits per heavy atom. The number of fused-ring (bicyclic) bond motifs is 1. The number of hydrogen-bond donors (Lipinski definition) is 0. The maximum absolute atomic E-state index is 2.53. The van der Waals surface area contributed by atoms with Crippen molar-refractivity contribution in [2.45, 2.75) is 39.5 Å². The van der Waals surface area contributed by atoms with Gasteiger partial charge in [0.15, 0.2) is 0 Å². The Morgan fingerprint density at radius 2 is 2.50 bits per heavy atom. The summed E-state index contributed by atoms with van der Waals surface area (Å²) in [6, 6.07) is 0. The molecule has 2 aliphatic rings. The lowest BCUT2D eigenvalue weighted by atomic mass is 10.0. The van der Waals surface area contributed by atoms with Gasteiger partial charge in [0.05, 0.1) is 0 Å². The van der Waals surface area contributed by atoms with Crippen LogP contribution in [-0.2, 0) is 0 Å². The lowest BCUT2D eigenvalue weighted by Crippen LogP contribution is -1.91. The van der Waals surface area contributed by atoms with Crippen LogP contribution in [-0.4, -0.2) is 0 Å². The second-order valence-electron chi connectivity index (χ2n) is 4.22. The fourth-order valence-corrected chi connectivity index (χ4v) is 2.26. The minimum atomic E-state index is 0.741. The summed E-state index contributed by atoms with van der Waals surface area (Å²) in [5.74, 6) is 0.981. The molecule has 10 heavy (non-hydrogen) atoms. The van der Waals surface area contributed by atoms with E-state index in [1.807, 2.05) is 0 Å². The molecule has 56 valence electrons. The molecule has 2 aliphatic carbocycles. The van der Waals surface area contributed by atoms with Crippen LogP contribution in [0.1, 0.15) is 39.5 Å². The quantitative estimate of drug-likeness (QED) is 0.511. The third-order valence-electron chi connectivity index (χ3n) is 3.06. The van der Waals surface area contributed by atoms with Gasteiger partial charge in [0, 0.05) is 0 Å². The predicted molar refractivity (Wildman–Crippen MR) is 43.8 cm³/mol. The van der Waals surface area contributed by atoms with Crippen molar-refractivity contribution in [2.24, 2.45) is 11.3 Å². The van der Waals surface area contributed by atoms with Gasteiger partial charge in [-0.25, -0.2) is 0 Å². The normalized spacial score (nSPS) is 43.0. The standard InChI is InChI=1S/C10H16/c1-3-4-8-5-9-7-10(9,2)6-8/h5,9H,3-4,6-7H2,1-2H3. The van der Waals surface area contributed by atoms with E-state index in [1.54, 1.807) is 5.57 Å². The molecule has 0 aliphatic heterocycles. The molecule has 0 nitrogen and oxygen atoms in total. The van der Waals surface area contributed by atoms with Gasteiger partial charge in [-0.05, 0) is 30.6 Å². The predicted octanol–water partition coefficient (Wildman–Crippen LogP) is 3.14. The van der Waals surface area contributed by atoms with E-state index >= 15 is 0 Å². The zero-order valence-corrected chi connectivity index (χ0v) is 6.98. The maximum atomic E-state index is 2.53. The van der Waals surface area contributed by atoms with E-state index in [2.05, 4.69) is 19.9 Å². The van der Waals surface area contributed by atoms with E-state index in [4.69, 9.17) is 0 Å². The van der Waals surface area contributed by atoms with Gasteiger partial charge in [-0.1, -0.05) is 31.9 Å². The van der Waals surface area contributed by atoms with Crippen molar-refractivity contribution in [3.63, 3.8) is 0 Å². The van der Waals surface area contributed by atoms with Gasteiger partial charge < -0.3 is 0 Å². The van der Waals surface area contributed by atoms with Crippen molar-refractivity contribution in [3.05, 3.63) is 11.6 Å². The molecule has 0 radical (unpaired) electrons. The molecule has 1 fully saturated rings. The molecule has 0 aromatic carbocycles. The molecule has 0 saturated heterocycles. The van der Waals surface area contributed by atoms with Gasteiger partial charge in [-0.3, -0.25) is 0 Å². The molecule has 2 rings (SSSR count). The molecule has 0 N–H and O–H groups in total. The lowest BCUT2D eigenvalue weighted by molar-refractivity contribution is 0.554. The highest BCUT2D eigenvalue weighted by atomic mass is 14.6. The average Bonchev–Trinajstić information content (AvgIpc) is 2.34. The fraction of sp³-hybridized carbons (Fsp3) is 0.800. The first-order valence-electron chi connectivity index (χ1n) is 4.44. The third-order valence-corrected chi connectivity index (χ3v) is 3.06. The van der Waals surface area contributed by atoms with Gasteiger partial charge in [0.25, 0.3) is 0 Å². The molecule has 0 heteroatoms. The smallest absolute Gasteiger partial charge is 0.0168 e. The summed E-state index contributed by atoms with van der Waals surface area (Å²) < 4.78 is 0. The molecule has 2 atom stereocenters. The van der Waals surface area contributed by atoms with E-state index in [0.717, 1.165) is 11.3 Å². The SMILES string of the molecule is CCCC1=CC2CC2(C)C1. The summed E-state index contributed by atoms with van der Waals surface area (Å²) in [5, 5.41) is 0. The van der Waals surface area contributed by atoms with Crippen LogP contribution in [0.3, 0.4) is 0 Å². The van der Waals surface area contributed by atoms with Crippen molar-refractivity contribution < 1.29 is 0 Å². The van der Waals surface area contributed by atoms with Gasteiger partial charge >= 0.3 is 0 Å². The van der Waals surface area contributed by atoms with Gasteiger partial charge in [-0.15, -0.1) is 0 Å². The second-order valence-corrected chi connectivity index (χ2v) is 4.22. The highest BCUT2D eigenvalue weighted by Crippen LogP contribution is 2.62. The molecule has 0 bridgehead atoms. The van der Waals surface area contributed by atoms with Crippen LogP contribution in [0.5, 0.6) is 0 Å². The van der Waals surface area contributed by atoms with Crippen LogP contribution in [0.25, 0.3) is 0 Å². The summed E-state index contributed by atoms with van der Waals surface area (Å²) >= 11 is 0. The highest BCUT2D eigenvalue weighted by Gasteiger charge is 2.52. The average molecular weight is 136 g/mol. The lowest BCUT2D eigenvalue weighted by Gasteiger charge is -2.05. The van der Waals surface area contributed by atoms with Crippen LogP contribution >= 0.6 is 0 Å². The molecule has 2 unspecified atom stereocenters. The van der Waals surface area contributed by atoms with Crippen molar-refractivity contribution in [1.82, 2.24) is 0 Å². The van der Waals surface area contributed by atoms with Crippen LogP contribution in [0.15, 0.2) is 11.6 Å². The van der Waals surface area contributed by atoms with Crippen molar-refractivity contribution >= 4 is 0 Å². The number of rotatable bonds is 2. The number of hydrogen-bond acceptors (Lipinski definition) is 0. The largest absolute Gasteiger partial charge is 0.0816 e. The van der Waals surface area contributed by atoms with E-state index in [-0.39, 0.29) is 0 Å². The Kier molecular flexibility index (Phi) is 1.21. The summed E-state index contributed by atoms with van der Waals surface area (Å²) in [7, 11) is 0. The van der Waals surface area contributed by atoms with E-state index in [1.165, 1.54) is 25.7 Å². The molecular weight excluding hydrogens is 120 g/mol. The van der Waals surface area contributed by atoms with Crippen LogP contribution in [0.4, 0.5) is 0 Å². The van der Waals surface area contributed by atoms with Crippen molar-refractivity contribution in [3.8, 4) is 0 Å². The van der Waals surface area contributed by atoms with Crippen LogP contribution < -0.4 is 0 Å². The summed E-state index contributed by atoms with van der Waals surface area (Å²) in [5.41, 5.74) is 2.48. The second kappa shape index (κ2) is 1.87. The Morgan fingerprint density at radius 1 is 1.70 bits per heavy atom.